The van der Waals surface area contributed by atoms with Crippen LogP contribution in [0.3, 0.4) is 0 Å². The summed E-state index contributed by atoms with van der Waals surface area (Å²) in [4.78, 5) is 42.7. The summed E-state index contributed by atoms with van der Waals surface area (Å²) in [5.74, 6) is -0.547. The Hall–Kier alpha value is -4.26. The fourth-order valence-electron chi connectivity index (χ4n) is 3.30. The molecule has 0 aromatic heterocycles. The molecule has 7 nitrogen and oxygen atoms in total. The van der Waals surface area contributed by atoms with Gasteiger partial charge >= 0.3 is 5.97 Å². The number of carbonyl (C=O) groups is 3. The second-order valence-electron chi connectivity index (χ2n) is 7.47. The van der Waals surface area contributed by atoms with Crippen molar-refractivity contribution in [2.45, 2.75) is 20.8 Å². The molecule has 2 amide bonds. The molecule has 3 aromatic rings. The summed E-state index contributed by atoms with van der Waals surface area (Å²) in [7, 11) is 0. The number of carbonyl (C=O) groups excluding carboxylic acids is 3. The van der Waals surface area contributed by atoms with Gasteiger partial charge in [-0.2, -0.15) is 0 Å². The highest BCUT2D eigenvalue weighted by Gasteiger charge is 2.21. The van der Waals surface area contributed by atoms with Gasteiger partial charge in [0.05, 0.1) is 16.8 Å². The third kappa shape index (κ3) is 6.38. The first kappa shape index (κ1) is 24.4. The highest BCUT2D eigenvalue weighted by molar-refractivity contribution is 6.05. The number of rotatable bonds is 8. The number of hydrogen-bond acceptors (Lipinski definition) is 5. The van der Waals surface area contributed by atoms with Gasteiger partial charge in [-0.25, -0.2) is 4.79 Å². The summed E-state index contributed by atoms with van der Waals surface area (Å²) in [6.07, 6.45) is 1.69. The smallest absolute Gasteiger partial charge is 0.344 e. The van der Waals surface area contributed by atoms with Crippen LogP contribution in [-0.2, 0) is 4.79 Å². The predicted molar refractivity (Wildman–Crippen MR) is 133 cm³/mol. The molecule has 0 spiro atoms. The van der Waals surface area contributed by atoms with E-state index in [1.165, 1.54) is 6.92 Å². The average Bonchev–Trinajstić information content (AvgIpc) is 2.85. The van der Waals surface area contributed by atoms with E-state index in [-0.39, 0.29) is 17.4 Å². The van der Waals surface area contributed by atoms with E-state index in [9.17, 15) is 14.4 Å². The Morgan fingerprint density at radius 2 is 1.50 bits per heavy atom. The number of anilines is 1. The summed E-state index contributed by atoms with van der Waals surface area (Å²) in [6, 6.07) is 20.7. The van der Waals surface area contributed by atoms with Crippen molar-refractivity contribution in [1.82, 2.24) is 4.90 Å². The number of ether oxygens (including phenoxy) is 1. The Balaban J connectivity index is 1.67. The molecular weight excluding hydrogens is 430 g/mol. The molecule has 0 bridgehead atoms. The SMILES string of the molecule is CCN(CC)C(=O)c1ccccc1C(=O)Oc1ccc(C=Nc2ccc(NC(C)=O)cc2)cc1. The van der Waals surface area contributed by atoms with Gasteiger partial charge in [-0.1, -0.05) is 12.1 Å². The summed E-state index contributed by atoms with van der Waals surface area (Å²) in [5, 5.41) is 2.71. The number of benzene rings is 3. The van der Waals surface area contributed by atoms with Gasteiger partial charge in [-0.3, -0.25) is 14.6 Å². The molecule has 0 aliphatic carbocycles. The monoisotopic (exact) mass is 457 g/mol. The van der Waals surface area contributed by atoms with Crippen LogP contribution >= 0.6 is 0 Å². The molecule has 0 atom stereocenters. The summed E-state index contributed by atoms with van der Waals surface area (Å²) in [6.45, 7) is 6.36. The van der Waals surface area contributed by atoms with Crippen molar-refractivity contribution in [2.24, 2.45) is 4.99 Å². The normalized spacial score (nSPS) is 10.7. The minimum atomic E-state index is -0.586. The van der Waals surface area contributed by atoms with Crippen molar-refractivity contribution in [3.8, 4) is 5.75 Å². The number of nitrogens with one attached hydrogen (secondary N) is 1. The zero-order valence-electron chi connectivity index (χ0n) is 19.4. The van der Waals surface area contributed by atoms with Gasteiger partial charge < -0.3 is 15.0 Å². The maximum atomic E-state index is 12.8. The second kappa shape index (κ2) is 11.6. The molecule has 0 saturated carbocycles. The van der Waals surface area contributed by atoms with Gasteiger partial charge in [0.1, 0.15) is 5.75 Å². The number of aliphatic imine (C=N–C) groups is 1. The van der Waals surface area contributed by atoms with Crippen molar-refractivity contribution < 1.29 is 19.1 Å². The van der Waals surface area contributed by atoms with E-state index in [4.69, 9.17) is 4.74 Å². The molecule has 0 unspecified atom stereocenters. The summed E-state index contributed by atoms with van der Waals surface area (Å²) >= 11 is 0. The largest absolute Gasteiger partial charge is 0.423 e. The molecule has 1 N–H and O–H groups in total. The highest BCUT2D eigenvalue weighted by Crippen LogP contribution is 2.19. The quantitative estimate of drug-likeness (QED) is 0.290. The van der Waals surface area contributed by atoms with E-state index in [2.05, 4.69) is 10.3 Å². The molecule has 3 rings (SSSR count). The van der Waals surface area contributed by atoms with Crippen molar-refractivity contribution in [3.63, 3.8) is 0 Å². The fourth-order valence-corrected chi connectivity index (χ4v) is 3.30. The molecule has 174 valence electrons. The Bertz CT molecular complexity index is 1180. The Labute approximate surface area is 199 Å². The molecule has 0 radical (unpaired) electrons. The molecular formula is C27H27N3O4. The van der Waals surface area contributed by atoms with Crippen molar-refractivity contribution in [2.75, 3.05) is 18.4 Å². The van der Waals surface area contributed by atoms with Crippen LogP contribution in [0.1, 0.15) is 47.1 Å². The number of esters is 1. The standard InChI is InChI=1S/C27H27N3O4/c1-4-30(5-2)26(32)24-8-6-7-9-25(24)27(33)34-23-16-10-20(11-17-23)18-28-21-12-14-22(15-13-21)29-19(3)31/h6-18H,4-5H2,1-3H3,(H,29,31). The van der Waals surface area contributed by atoms with E-state index in [0.717, 1.165) is 11.3 Å². The number of hydrogen-bond donors (Lipinski definition) is 1. The molecule has 34 heavy (non-hydrogen) atoms. The van der Waals surface area contributed by atoms with Crippen LogP contribution in [0.25, 0.3) is 0 Å². The molecule has 0 fully saturated rings. The third-order valence-electron chi connectivity index (χ3n) is 5.07. The lowest BCUT2D eigenvalue weighted by molar-refractivity contribution is -0.114. The third-order valence-corrected chi connectivity index (χ3v) is 5.07. The van der Waals surface area contributed by atoms with Crippen LogP contribution in [0.2, 0.25) is 0 Å². The average molecular weight is 458 g/mol. The molecule has 0 saturated heterocycles. The zero-order valence-corrected chi connectivity index (χ0v) is 19.4. The number of amides is 2. The van der Waals surface area contributed by atoms with Gasteiger partial charge in [-0.15, -0.1) is 0 Å². The van der Waals surface area contributed by atoms with Crippen molar-refractivity contribution in [1.29, 1.82) is 0 Å². The minimum Gasteiger partial charge on any atom is -0.423 e. The van der Waals surface area contributed by atoms with Crippen LogP contribution in [0.5, 0.6) is 5.75 Å². The van der Waals surface area contributed by atoms with E-state index >= 15 is 0 Å². The predicted octanol–water partition coefficient (Wildman–Crippen LogP) is 5.10. The molecule has 0 heterocycles. The topological polar surface area (TPSA) is 88.1 Å². The van der Waals surface area contributed by atoms with Crippen LogP contribution in [0.4, 0.5) is 11.4 Å². The Kier molecular flexibility index (Phi) is 8.29. The minimum absolute atomic E-state index is 0.129. The fraction of sp³-hybridized carbons (Fsp3) is 0.185. The van der Waals surface area contributed by atoms with Crippen molar-refractivity contribution in [3.05, 3.63) is 89.5 Å². The number of nitrogens with zero attached hydrogens (tertiary/aromatic N) is 2. The van der Waals surface area contributed by atoms with Crippen LogP contribution in [0, 0.1) is 0 Å². The first-order valence-corrected chi connectivity index (χ1v) is 11.0. The van der Waals surface area contributed by atoms with E-state index < -0.39 is 5.97 Å². The van der Waals surface area contributed by atoms with Gasteiger partial charge in [0.15, 0.2) is 0 Å². The molecule has 0 aliphatic heterocycles. The van der Waals surface area contributed by atoms with Crippen LogP contribution in [-0.4, -0.2) is 42.0 Å². The summed E-state index contributed by atoms with van der Waals surface area (Å²) in [5.41, 5.74) is 2.82. The lowest BCUT2D eigenvalue weighted by Crippen LogP contribution is -2.32. The summed E-state index contributed by atoms with van der Waals surface area (Å²) < 4.78 is 5.51. The van der Waals surface area contributed by atoms with E-state index in [0.29, 0.717) is 30.1 Å². The Morgan fingerprint density at radius 1 is 0.882 bits per heavy atom. The van der Waals surface area contributed by atoms with E-state index in [1.807, 2.05) is 13.8 Å². The highest BCUT2D eigenvalue weighted by atomic mass is 16.5. The van der Waals surface area contributed by atoms with Gasteiger partial charge in [0, 0.05) is 31.9 Å². The molecule has 3 aromatic carbocycles. The lowest BCUT2D eigenvalue weighted by Gasteiger charge is -2.20. The lowest BCUT2D eigenvalue weighted by atomic mass is 10.1. The van der Waals surface area contributed by atoms with E-state index in [1.54, 1.807) is 83.9 Å². The first-order chi connectivity index (χ1) is 16.4. The Morgan fingerprint density at radius 3 is 2.09 bits per heavy atom. The zero-order chi connectivity index (χ0) is 24.5. The van der Waals surface area contributed by atoms with Gasteiger partial charge in [0.2, 0.25) is 5.91 Å². The van der Waals surface area contributed by atoms with Crippen LogP contribution < -0.4 is 10.1 Å². The van der Waals surface area contributed by atoms with Gasteiger partial charge in [0.25, 0.3) is 5.91 Å². The molecule has 0 aliphatic rings. The maximum Gasteiger partial charge on any atom is 0.344 e. The first-order valence-electron chi connectivity index (χ1n) is 11.0. The second-order valence-corrected chi connectivity index (χ2v) is 7.47. The van der Waals surface area contributed by atoms with Crippen molar-refractivity contribution >= 4 is 35.4 Å². The van der Waals surface area contributed by atoms with Gasteiger partial charge in [-0.05, 0) is 80.1 Å². The molecule has 7 heteroatoms. The maximum absolute atomic E-state index is 12.8. The van der Waals surface area contributed by atoms with Crippen LogP contribution in [0.15, 0.2) is 77.8 Å².